The largest absolute Gasteiger partial charge is 0.387 e. The molecule has 1 aliphatic carbocycles. The Morgan fingerprint density at radius 3 is 2.52 bits per heavy atom. The van der Waals surface area contributed by atoms with Crippen LogP contribution in [0.4, 0.5) is 10.1 Å². The molecule has 1 heterocycles. The van der Waals surface area contributed by atoms with Crippen LogP contribution in [0.5, 0.6) is 0 Å². The third kappa shape index (κ3) is 2.94. The first kappa shape index (κ1) is 14.5. The molecule has 0 spiro atoms. The van der Waals surface area contributed by atoms with Gasteiger partial charge in [-0.25, -0.2) is 4.39 Å². The highest BCUT2D eigenvalue weighted by Crippen LogP contribution is 2.44. The van der Waals surface area contributed by atoms with Crippen molar-refractivity contribution in [1.29, 1.82) is 0 Å². The van der Waals surface area contributed by atoms with E-state index < -0.39 is 5.60 Å². The summed E-state index contributed by atoms with van der Waals surface area (Å²) < 4.78 is 13.0. The van der Waals surface area contributed by atoms with E-state index in [-0.39, 0.29) is 11.7 Å². The third-order valence-electron chi connectivity index (χ3n) is 4.45. The molecule has 1 amide bonds. The monoisotopic (exact) mass is 292 g/mol. The van der Waals surface area contributed by atoms with Crippen molar-refractivity contribution in [3.05, 3.63) is 30.1 Å². The highest BCUT2D eigenvalue weighted by molar-refractivity contribution is 5.94. The van der Waals surface area contributed by atoms with E-state index in [1.54, 1.807) is 17.0 Å². The van der Waals surface area contributed by atoms with Crippen molar-refractivity contribution in [2.45, 2.75) is 25.4 Å². The number of β-amino-alcohol motifs (C(OH)–C–C–N with tert-alkyl or cyclic N) is 1. The van der Waals surface area contributed by atoms with E-state index in [2.05, 4.69) is 0 Å². The second kappa shape index (κ2) is 5.39. The Hall–Kier alpha value is -1.46. The zero-order valence-corrected chi connectivity index (χ0v) is 12.3. The zero-order valence-electron chi connectivity index (χ0n) is 12.3. The van der Waals surface area contributed by atoms with Crippen molar-refractivity contribution in [3.63, 3.8) is 0 Å². The van der Waals surface area contributed by atoms with Crippen LogP contribution in [0.3, 0.4) is 0 Å². The average molecular weight is 292 g/mol. The fraction of sp³-hybridized carbons (Fsp3) is 0.562. The fourth-order valence-corrected chi connectivity index (χ4v) is 3.12. The first-order valence-corrected chi connectivity index (χ1v) is 7.52. The smallest absolute Gasteiger partial charge is 0.241 e. The molecule has 1 N–H and O–H groups in total. The number of aliphatic hydroxyl groups is 1. The van der Waals surface area contributed by atoms with Crippen LogP contribution in [-0.2, 0) is 4.79 Å². The Balaban J connectivity index is 1.57. The molecule has 21 heavy (non-hydrogen) atoms. The summed E-state index contributed by atoms with van der Waals surface area (Å²) in [7, 11) is 0. The summed E-state index contributed by atoms with van der Waals surface area (Å²) in [6, 6.07) is 5.96. The summed E-state index contributed by atoms with van der Waals surface area (Å²) in [5.74, 6) is 0.115. The van der Waals surface area contributed by atoms with Crippen molar-refractivity contribution in [2.24, 2.45) is 5.92 Å². The van der Waals surface area contributed by atoms with E-state index in [9.17, 15) is 14.3 Å². The molecule has 2 fully saturated rings. The van der Waals surface area contributed by atoms with Gasteiger partial charge in [0.15, 0.2) is 0 Å². The molecule has 0 aromatic heterocycles. The lowest BCUT2D eigenvalue weighted by Gasteiger charge is -2.47. The summed E-state index contributed by atoms with van der Waals surface area (Å²) in [5.41, 5.74) is 0.148. The molecule has 1 aromatic rings. The molecule has 1 aliphatic heterocycles. The van der Waals surface area contributed by atoms with E-state index >= 15 is 0 Å². The van der Waals surface area contributed by atoms with Crippen molar-refractivity contribution < 1.29 is 14.3 Å². The van der Waals surface area contributed by atoms with Gasteiger partial charge in [-0.15, -0.1) is 0 Å². The number of amides is 1. The fourth-order valence-electron chi connectivity index (χ4n) is 3.12. The predicted molar refractivity (Wildman–Crippen MR) is 78.5 cm³/mol. The summed E-state index contributed by atoms with van der Waals surface area (Å²) in [6.07, 6.45) is 2.21. The maximum atomic E-state index is 13.0. The number of carbonyl (C=O) groups excluding carboxylic acids is 1. The molecule has 5 heteroatoms. The number of likely N-dealkylation sites (N-methyl/N-ethyl adjacent to an activating group) is 1. The van der Waals surface area contributed by atoms with Crippen molar-refractivity contribution in [2.75, 3.05) is 31.1 Å². The number of nitrogens with zero attached hydrogens (tertiary/aromatic N) is 2. The maximum absolute atomic E-state index is 13.0. The van der Waals surface area contributed by atoms with Crippen LogP contribution < -0.4 is 4.90 Å². The molecule has 1 aromatic carbocycles. The number of hydrogen-bond acceptors (Lipinski definition) is 3. The number of rotatable bonds is 5. The minimum absolute atomic E-state index is 0.0121. The Morgan fingerprint density at radius 2 is 2.00 bits per heavy atom. The topological polar surface area (TPSA) is 43.8 Å². The van der Waals surface area contributed by atoms with E-state index in [1.807, 2.05) is 11.8 Å². The van der Waals surface area contributed by atoms with Crippen LogP contribution in [0.2, 0.25) is 0 Å². The van der Waals surface area contributed by atoms with Crippen LogP contribution in [0.1, 0.15) is 19.8 Å². The Kier molecular flexibility index (Phi) is 3.71. The molecule has 114 valence electrons. The van der Waals surface area contributed by atoms with Gasteiger partial charge in [0.05, 0.1) is 12.1 Å². The minimum atomic E-state index is -0.562. The minimum Gasteiger partial charge on any atom is -0.387 e. The first-order chi connectivity index (χ1) is 10.0. The second-order valence-electron chi connectivity index (χ2n) is 6.14. The van der Waals surface area contributed by atoms with E-state index in [0.29, 0.717) is 37.8 Å². The molecule has 0 radical (unpaired) electrons. The zero-order chi connectivity index (χ0) is 15.0. The van der Waals surface area contributed by atoms with Gasteiger partial charge in [-0.1, -0.05) is 0 Å². The normalized spacial score (nSPS) is 20.9. The molecule has 3 rings (SSSR count). The lowest BCUT2D eigenvalue weighted by atomic mass is 9.89. The highest BCUT2D eigenvalue weighted by atomic mass is 19.1. The van der Waals surface area contributed by atoms with Gasteiger partial charge in [-0.3, -0.25) is 9.69 Å². The molecule has 1 saturated carbocycles. The Labute approximate surface area is 124 Å². The standard InChI is InChI=1S/C16H21FN2O2/c1-2-19(14-7-5-13(17)6-8-14)15(20)9-18-10-16(21,11-18)12-3-4-12/h5-8,12,21H,2-4,9-11H2,1H3. The lowest BCUT2D eigenvalue weighted by molar-refractivity contribution is -0.134. The third-order valence-corrected chi connectivity index (χ3v) is 4.45. The number of carbonyl (C=O) groups is 1. The van der Waals surface area contributed by atoms with E-state index in [4.69, 9.17) is 0 Å². The van der Waals surface area contributed by atoms with Gasteiger partial charge in [-0.05, 0) is 49.9 Å². The molecule has 2 aliphatic rings. The average Bonchev–Trinajstić information content (AvgIpc) is 3.24. The SMILES string of the molecule is CCN(C(=O)CN1CC(O)(C2CC2)C1)c1ccc(F)cc1. The number of benzene rings is 1. The van der Waals surface area contributed by atoms with Crippen molar-refractivity contribution >= 4 is 11.6 Å². The predicted octanol–water partition coefficient (Wildman–Crippen LogP) is 1.64. The molecule has 0 atom stereocenters. The van der Waals surface area contributed by atoms with Crippen LogP contribution in [0.15, 0.2) is 24.3 Å². The van der Waals surface area contributed by atoms with Gasteiger partial charge < -0.3 is 10.0 Å². The lowest BCUT2D eigenvalue weighted by Crippen LogP contribution is -2.64. The molecule has 4 nitrogen and oxygen atoms in total. The van der Waals surface area contributed by atoms with E-state index in [0.717, 1.165) is 12.8 Å². The highest BCUT2D eigenvalue weighted by Gasteiger charge is 2.52. The summed E-state index contributed by atoms with van der Waals surface area (Å²) in [4.78, 5) is 16.0. The Morgan fingerprint density at radius 1 is 1.38 bits per heavy atom. The number of hydrogen-bond donors (Lipinski definition) is 1. The number of halogens is 1. The maximum Gasteiger partial charge on any atom is 0.241 e. The second-order valence-corrected chi connectivity index (χ2v) is 6.14. The summed E-state index contributed by atoms with van der Waals surface area (Å²) in [6.45, 7) is 3.93. The first-order valence-electron chi connectivity index (χ1n) is 7.52. The molecular formula is C16H21FN2O2. The van der Waals surface area contributed by atoms with Crippen molar-refractivity contribution in [3.8, 4) is 0 Å². The summed E-state index contributed by atoms with van der Waals surface area (Å²) >= 11 is 0. The van der Waals surface area contributed by atoms with Crippen LogP contribution >= 0.6 is 0 Å². The van der Waals surface area contributed by atoms with Crippen LogP contribution in [0.25, 0.3) is 0 Å². The van der Waals surface area contributed by atoms with Gasteiger partial charge in [0.2, 0.25) is 5.91 Å². The summed E-state index contributed by atoms with van der Waals surface area (Å²) in [5, 5.41) is 10.3. The van der Waals surface area contributed by atoms with Crippen molar-refractivity contribution in [1.82, 2.24) is 4.90 Å². The molecule has 0 unspecified atom stereocenters. The quantitative estimate of drug-likeness (QED) is 0.897. The van der Waals surface area contributed by atoms with Gasteiger partial charge >= 0.3 is 0 Å². The van der Waals surface area contributed by atoms with E-state index in [1.165, 1.54) is 12.1 Å². The number of likely N-dealkylation sites (tertiary alicyclic amines) is 1. The Bertz CT molecular complexity index is 522. The molecule has 0 bridgehead atoms. The van der Waals surface area contributed by atoms with Crippen LogP contribution in [-0.4, -0.2) is 47.7 Å². The van der Waals surface area contributed by atoms with Gasteiger partial charge in [0.25, 0.3) is 0 Å². The molecule has 1 saturated heterocycles. The molecular weight excluding hydrogens is 271 g/mol. The van der Waals surface area contributed by atoms with Gasteiger partial charge in [0.1, 0.15) is 5.82 Å². The van der Waals surface area contributed by atoms with Gasteiger partial charge in [-0.2, -0.15) is 0 Å². The number of anilines is 1. The van der Waals surface area contributed by atoms with Crippen LogP contribution in [0, 0.1) is 11.7 Å². The van der Waals surface area contributed by atoms with Gasteiger partial charge in [0, 0.05) is 25.3 Å².